The van der Waals surface area contributed by atoms with Crippen molar-refractivity contribution in [2.75, 3.05) is 25.0 Å². The van der Waals surface area contributed by atoms with Crippen molar-refractivity contribution in [1.82, 2.24) is 0 Å². The van der Waals surface area contributed by atoms with Gasteiger partial charge in [-0.3, -0.25) is 4.79 Å². The molecule has 1 radical (unpaired) electrons. The van der Waals surface area contributed by atoms with Crippen LogP contribution < -0.4 is 5.32 Å². The molecule has 1 unspecified atom stereocenters. The number of benzene rings is 1. The molecule has 1 atom stereocenters. The van der Waals surface area contributed by atoms with Crippen molar-refractivity contribution >= 4 is 17.3 Å². The van der Waals surface area contributed by atoms with Crippen LogP contribution in [0.1, 0.15) is 45.2 Å². The molecule has 0 aliphatic heterocycles. The van der Waals surface area contributed by atoms with Crippen LogP contribution >= 0.6 is 0 Å². The van der Waals surface area contributed by atoms with Gasteiger partial charge in [-0.05, 0) is 45.7 Å². The molecule has 1 aromatic rings. The van der Waals surface area contributed by atoms with E-state index in [9.17, 15) is 4.79 Å². The topological polar surface area (TPSA) is 33.5 Å². The van der Waals surface area contributed by atoms with Crippen LogP contribution in [0.25, 0.3) is 4.85 Å². The quantitative estimate of drug-likeness (QED) is 0.528. The normalized spacial score (nSPS) is 12.0. The zero-order chi connectivity index (χ0) is 17.6. The van der Waals surface area contributed by atoms with Crippen LogP contribution in [0.5, 0.6) is 0 Å². The molecule has 0 aromatic heterocycles. The van der Waals surface area contributed by atoms with Crippen molar-refractivity contribution < 1.29 is 42.0 Å². The fraction of sp³-hybridized carbons (Fsp3) is 0.579. The van der Waals surface area contributed by atoms with E-state index in [0.29, 0.717) is 5.69 Å². The first-order valence-corrected chi connectivity index (χ1v) is 8.54. The van der Waals surface area contributed by atoms with E-state index in [1.165, 1.54) is 0 Å². The van der Waals surface area contributed by atoms with E-state index in [0.717, 1.165) is 47.4 Å². The number of carbonyl (C=O) groups is 1. The van der Waals surface area contributed by atoms with E-state index < -0.39 is 0 Å². The zero-order valence-electron chi connectivity index (χ0n) is 15.9. The Balaban J connectivity index is 0.00000529. The molecule has 24 heavy (non-hydrogen) atoms. The number of aryl methyl sites for hydroxylation is 2. The number of nitrogens with zero attached hydrogens (tertiary/aromatic N) is 2. The predicted octanol–water partition coefficient (Wildman–Crippen LogP) is 4.45. The number of amides is 1. The Hall–Kier alpha value is -0.756. The summed E-state index contributed by atoms with van der Waals surface area (Å²) >= 11 is 0. The van der Waals surface area contributed by atoms with Gasteiger partial charge in [0.1, 0.15) is 0 Å². The molecule has 0 bridgehead atoms. The minimum atomic E-state index is -0.0469. The standard InChI is InChI=1S/C19H29N3O.Y/c1-8-17(22(9-2,10-3)11-4)19(23)21-18-14(5)12-16(20-7)13-15(18)6;/h12-13,17H,8-11H2,1-6H3;/p+1. The minimum absolute atomic E-state index is 0. The number of nitrogens with one attached hydrogen (secondary N) is 1. The number of hydrogen-bond donors (Lipinski definition) is 1. The molecule has 129 valence electrons. The van der Waals surface area contributed by atoms with Gasteiger partial charge in [0.2, 0.25) is 0 Å². The van der Waals surface area contributed by atoms with Crippen LogP contribution in [-0.2, 0) is 37.5 Å². The summed E-state index contributed by atoms with van der Waals surface area (Å²) in [5.74, 6) is 0.0832. The van der Waals surface area contributed by atoms with Crippen molar-refractivity contribution in [2.24, 2.45) is 0 Å². The van der Waals surface area contributed by atoms with E-state index in [4.69, 9.17) is 6.57 Å². The van der Waals surface area contributed by atoms with Gasteiger partial charge in [-0.25, -0.2) is 4.85 Å². The summed E-state index contributed by atoms with van der Waals surface area (Å²) in [6, 6.07) is 3.62. The maximum Gasteiger partial charge on any atom is 0.282 e. The van der Waals surface area contributed by atoms with Gasteiger partial charge in [-0.15, -0.1) is 0 Å². The third-order valence-corrected chi connectivity index (χ3v) is 5.13. The summed E-state index contributed by atoms with van der Waals surface area (Å²) in [7, 11) is 0. The molecule has 0 spiro atoms. The summed E-state index contributed by atoms with van der Waals surface area (Å²) in [5.41, 5.74) is 3.36. The van der Waals surface area contributed by atoms with Crippen molar-refractivity contribution in [3.8, 4) is 0 Å². The van der Waals surface area contributed by atoms with Gasteiger partial charge in [0.05, 0.1) is 26.2 Å². The summed E-state index contributed by atoms with van der Waals surface area (Å²) in [5, 5.41) is 3.13. The zero-order valence-corrected chi connectivity index (χ0v) is 18.8. The first-order valence-electron chi connectivity index (χ1n) is 8.54. The molecule has 1 amide bonds. The van der Waals surface area contributed by atoms with Gasteiger partial charge in [-0.1, -0.05) is 19.1 Å². The fourth-order valence-electron chi connectivity index (χ4n) is 3.56. The van der Waals surface area contributed by atoms with Gasteiger partial charge in [-0.2, -0.15) is 0 Å². The molecule has 1 N–H and O–H groups in total. The minimum Gasteiger partial charge on any atom is -0.321 e. The molecule has 4 nitrogen and oxygen atoms in total. The second kappa shape index (κ2) is 10.3. The number of rotatable bonds is 7. The molecule has 0 saturated carbocycles. The third-order valence-electron chi connectivity index (χ3n) is 5.13. The molecular formula is C19H30N3OY+. The van der Waals surface area contributed by atoms with Gasteiger partial charge in [0.25, 0.3) is 5.91 Å². The molecule has 0 aliphatic rings. The Morgan fingerprint density at radius 2 is 1.58 bits per heavy atom. The first kappa shape index (κ1) is 23.2. The average molecular weight is 405 g/mol. The Bertz CT molecular complexity index is 572. The molecule has 0 aliphatic carbocycles. The second-order valence-electron chi connectivity index (χ2n) is 6.15. The molecule has 1 rings (SSSR count). The number of likely N-dealkylation sites (N-methyl/N-ethyl adjacent to an activating group) is 1. The Morgan fingerprint density at radius 3 is 1.92 bits per heavy atom. The van der Waals surface area contributed by atoms with Crippen LogP contribution in [0.3, 0.4) is 0 Å². The monoisotopic (exact) mass is 405 g/mol. The second-order valence-corrected chi connectivity index (χ2v) is 6.15. The SMILES string of the molecule is [C-]#[N+]c1cc(C)c(NC(=O)C(CC)[N+](CC)(CC)CC)c(C)c1.[Y]. The molecule has 5 heteroatoms. The average Bonchev–Trinajstić information content (AvgIpc) is 2.55. The summed E-state index contributed by atoms with van der Waals surface area (Å²) < 4.78 is 0.806. The van der Waals surface area contributed by atoms with Gasteiger partial charge >= 0.3 is 0 Å². The Kier molecular flexibility index (Phi) is 9.96. The largest absolute Gasteiger partial charge is 0.321 e. The molecule has 0 heterocycles. The van der Waals surface area contributed by atoms with E-state index in [1.807, 2.05) is 26.0 Å². The van der Waals surface area contributed by atoms with E-state index >= 15 is 0 Å². The van der Waals surface area contributed by atoms with Crippen molar-refractivity contribution in [1.29, 1.82) is 0 Å². The maximum absolute atomic E-state index is 12.9. The molecule has 0 saturated heterocycles. The van der Waals surface area contributed by atoms with Gasteiger partial charge in [0.15, 0.2) is 11.7 Å². The summed E-state index contributed by atoms with van der Waals surface area (Å²) in [6.07, 6.45) is 0.819. The van der Waals surface area contributed by atoms with Gasteiger partial charge < -0.3 is 9.80 Å². The molecular weight excluding hydrogens is 375 g/mol. The van der Waals surface area contributed by atoms with E-state index in [2.05, 4.69) is 37.9 Å². The van der Waals surface area contributed by atoms with Crippen molar-refractivity contribution in [3.63, 3.8) is 0 Å². The number of carbonyl (C=O) groups excluding carboxylic acids is 1. The summed E-state index contributed by atoms with van der Waals surface area (Å²) in [6.45, 7) is 22.4. The van der Waals surface area contributed by atoms with E-state index in [1.54, 1.807) is 0 Å². The van der Waals surface area contributed by atoms with Crippen LogP contribution in [-0.4, -0.2) is 36.1 Å². The number of quaternary nitrogens is 1. The van der Waals surface area contributed by atoms with E-state index in [-0.39, 0.29) is 44.7 Å². The number of hydrogen-bond acceptors (Lipinski definition) is 1. The Labute approximate surface area is 172 Å². The Morgan fingerprint density at radius 1 is 1.12 bits per heavy atom. The van der Waals surface area contributed by atoms with Crippen molar-refractivity contribution in [3.05, 3.63) is 34.7 Å². The first-order chi connectivity index (χ1) is 10.9. The van der Waals surface area contributed by atoms with Crippen LogP contribution in [0.4, 0.5) is 11.4 Å². The molecule has 1 aromatic carbocycles. The number of anilines is 1. The van der Waals surface area contributed by atoms with Crippen molar-refractivity contribution in [2.45, 2.75) is 54.0 Å². The molecule has 0 fully saturated rings. The third kappa shape index (κ3) is 4.88. The smallest absolute Gasteiger partial charge is 0.282 e. The fourth-order valence-corrected chi connectivity index (χ4v) is 3.56. The van der Waals surface area contributed by atoms with Crippen LogP contribution in [0.15, 0.2) is 12.1 Å². The van der Waals surface area contributed by atoms with Crippen LogP contribution in [0, 0.1) is 20.4 Å². The maximum atomic E-state index is 12.9. The predicted molar refractivity (Wildman–Crippen MR) is 96.8 cm³/mol. The van der Waals surface area contributed by atoms with Crippen LogP contribution in [0.2, 0.25) is 0 Å². The van der Waals surface area contributed by atoms with Gasteiger partial charge in [0, 0.05) is 44.8 Å². The summed E-state index contributed by atoms with van der Waals surface area (Å²) in [4.78, 5) is 16.4.